The number of nitrogens with two attached hydrogens (primary N) is 2. The maximum absolute atomic E-state index is 13.6. The van der Waals surface area contributed by atoms with E-state index in [9.17, 15) is 13.2 Å². The second-order valence-corrected chi connectivity index (χ2v) is 11.0. The molecule has 0 fully saturated rings. The molecule has 11 heteroatoms. The topological polar surface area (TPSA) is 159 Å². The summed E-state index contributed by atoms with van der Waals surface area (Å²) in [6, 6.07) is 18.1. The van der Waals surface area contributed by atoms with Gasteiger partial charge < -0.3 is 25.8 Å². The minimum Gasteiger partial charge on any atom is -0.490 e. The average Bonchev–Trinajstić information content (AvgIpc) is 2.91. The molecule has 10 nitrogen and oxygen atoms in total. The largest absolute Gasteiger partial charge is 0.490 e. The summed E-state index contributed by atoms with van der Waals surface area (Å²) in [6.07, 6.45) is 1.57. The lowest BCUT2D eigenvalue weighted by atomic mass is 10.0. The highest BCUT2D eigenvalue weighted by molar-refractivity contribution is 7.89. The van der Waals surface area contributed by atoms with Gasteiger partial charge in [-0.15, -0.1) is 0 Å². The number of nitrogen functional groups attached to an aromatic ring is 1. The quantitative estimate of drug-likeness (QED) is 0.212. The molecule has 0 radical (unpaired) electrons. The van der Waals surface area contributed by atoms with Crippen molar-refractivity contribution in [3.8, 4) is 11.5 Å². The van der Waals surface area contributed by atoms with Gasteiger partial charge in [0.05, 0.1) is 17.6 Å². The first-order valence-electron chi connectivity index (χ1n) is 12.8. The van der Waals surface area contributed by atoms with Crippen LogP contribution in [0.15, 0.2) is 77.8 Å². The van der Waals surface area contributed by atoms with Gasteiger partial charge in [-0.3, -0.25) is 4.79 Å². The van der Waals surface area contributed by atoms with Crippen molar-refractivity contribution in [2.75, 3.05) is 17.7 Å². The van der Waals surface area contributed by atoms with E-state index in [0.717, 1.165) is 10.8 Å². The zero-order valence-electron chi connectivity index (χ0n) is 22.5. The van der Waals surface area contributed by atoms with Crippen molar-refractivity contribution in [1.29, 1.82) is 0 Å². The van der Waals surface area contributed by atoms with Gasteiger partial charge in [0.1, 0.15) is 11.9 Å². The molecular weight excluding hydrogens is 530 g/mol. The standard InChI is InChI=1S/C29H33N5O5S/c1-4-38-26-16-21(8-11-25(26)39-18(2)3)27(34-22-9-10-24-20(15-22)12-13-32-28(24)30)29(35)33-17-19-6-5-7-23(14-19)40(31,36)37/h5-16,18,27,34H,4,17H2,1-3H3,(H2,30,32)(H,33,35)(H2,31,36,37)/t27-/m1/s1. The van der Waals surface area contributed by atoms with Crippen LogP contribution in [0, 0.1) is 0 Å². The van der Waals surface area contributed by atoms with Crippen LogP contribution < -0.4 is 31.0 Å². The van der Waals surface area contributed by atoms with Gasteiger partial charge in [-0.2, -0.15) is 0 Å². The fourth-order valence-electron chi connectivity index (χ4n) is 4.21. The Morgan fingerprint density at radius 3 is 2.55 bits per heavy atom. The molecule has 210 valence electrons. The summed E-state index contributed by atoms with van der Waals surface area (Å²) in [5, 5.41) is 13.2. The Morgan fingerprint density at radius 2 is 1.82 bits per heavy atom. The van der Waals surface area contributed by atoms with Crippen LogP contribution in [0.5, 0.6) is 11.5 Å². The first-order chi connectivity index (χ1) is 19.0. The van der Waals surface area contributed by atoms with E-state index in [-0.39, 0.29) is 23.5 Å². The number of rotatable bonds is 11. The molecule has 0 saturated heterocycles. The summed E-state index contributed by atoms with van der Waals surface area (Å²) >= 11 is 0. The number of hydrogen-bond donors (Lipinski definition) is 4. The van der Waals surface area contributed by atoms with Crippen LogP contribution in [-0.4, -0.2) is 32.0 Å². The van der Waals surface area contributed by atoms with Gasteiger partial charge >= 0.3 is 0 Å². The van der Waals surface area contributed by atoms with Crippen molar-refractivity contribution in [1.82, 2.24) is 10.3 Å². The molecule has 1 amide bonds. The predicted molar refractivity (Wildman–Crippen MR) is 156 cm³/mol. The van der Waals surface area contributed by atoms with Crippen molar-refractivity contribution in [3.63, 3.8) is 0 Å². The van der Waals surface area contributed by atoms with Crippen LogP contribution in [0.3, 0.4) is 0 Å². The lowest BCUT2D eigenvalue weighted by molar-refractivity contribution is -0.122. The van der Waals surface area contributed by atoms with E-state index in [1.165, 1.54) is 12.1 Å². The third-order valence-corrected chi connectivity index (χ3v) is 6.94. The molecule has 0 spiro atoms. The molecule has 0 bridgehead atoms. The first-order valence-corrected chi connectivity index (χ1v) is 14.3. The summed E-state index contributed by atoms with van der Waals surface area (Å²) in [4.78, 5) is 17.7. The highest BCUT2D eigenvalue weighted by atomic mass is 32.2. The number of amides is 1. The lowest BCUT2D eigenvalue weighted by Gasteiger charge is -2.22. The normalized spacial score (nSPS) is 12.2. The van der Waals surface area contributed by atoms with Crippen molar-refractivity contribution in [2.24, 2.45) is 5.14 Å². The number of anilines is 2. The number of aromatic nitrogens is 1. The number of primary sulfonamides is 1. The number of benzene rings is 3. The molecule has 0 aliphatic heterocycles. The first kappa shape index (κ1) is 28.7. The zero-order valence-corrected chi connectivity index (χ0v) is 23.4. The van der Waals surface area contributed by atoms with Crippen LogP contribution in [0.2, 0.25) is 0 Å². The molecule has 3 aromatic carbocycles. The number of carbonyl (C=O) groups is 1. The highest BCUT2D eigenvalue weighted by Crippen LogP contribution is 2.33. The lowest BCUT2D eigenvalue weighted by Crippen LogP contribution is -2.33. The van der Waals surface area contributed by atoms with Gasteiger partial charge in [0, 0.05) is 23.8 Å². The minimum absolute atomic E-state index is 0.0269. The Hall–Kier alpha value is -4.35. The Labute approximate surface area is 233 Å². The zero-order chi connectivity index (χ0) is 28.9. The summed E-state index contributed by atoms with van der Waals surface area (Å²) in [7, 11) is -3.87. The summed E-state index contributed by atoms with van der Waals surface area (Å²) in [6.45, 7) is 6.23. The molecule has 0 aliphatic carbocycles. The number of sulfonamides is 1. The van der Waals surface area contributed by atoms with Crippen molar-refractivity contribution in [3.05, 3.63) is 84.1 Å². The van der Waals surface area contributed by atoms with Gasteiger partial charge in [-0.1, -0.05) is 18.2 Å². The number of hydrogen-bond acceptors (Lipinski definition) is 8. The maximum atomic E-state index is 13.6. The Morgan fingerprint density at radius 1 is 1.02 bits per heavy atom. The van der Waals surface area contributed by atoms with Crippen molar-refractivity contribution in [2.45, 2.75) is 44.4 Å². The fraction of sp³-hybridized carbons (Fsp3) is 0.241. The van der Waals surface area contributed by atoms with Crippen LogP contribution >= 0.6 is 0 Å². The number of fused-ring (bicyclic) bond motifs is 1. The molecular formula is C29H33N5O5S. The maximum Gasteiger partial charge on any atom is 0.247 e. The van der Waals surface area contributed by atoms with Crippen LogP contribution in [0.4, 0.5) is 11.5 Å². The third-order valence-electron chi connectivity index (χ3n) is 6.03. The smallest absolute Gasteiger partial charge is 0.247 e. The van der Waals surface area contributed by atoms with E-state index in [2.05, 4.69) is 15.6 Å². The van der Waals surface area contributed by atoms with E-state index in [1.54, 1.807) is 30.5 Å². The van der Waals surface area contributed by atoms with E-state index < -0.39 is 16.1 Å². The van der Waals surface area contributed by atoms with E-state index in [1.807, 2.05) is 51.1 Å². The fourth-order valence-corrected chi connectivity index (χ4v) is 4.79. The number of pyridine rings is 1. The van der Waals surface area contributed by atoms with Crippen molar-refractivity contribution >= 4 is 38.2 Å². The van der Waals surface area contributed by atoms with Crippen LogP contribution in [0.25, 0.3) is 10.8 Å². The third kappa shape index (κ3) is 6.99. The van der Waals surface area contributed by atoms with Gasteiger partial charge in [-0.25, -0.2) is 18.5 Å². The van der Waals surface area contributed by atoms with E-state index >= 15 is 0 Å². The Bertz CT molecular complexity index is 1620. The molecule has 6 N–H and O–H groups in total. The molecule has 0 saturated carbocycles. The second-order valence-electron chi connectivity index (χ2n) is 9.43. The number of nitrogens with one attached hydrogen (secondary N) is 2. The predicted octanol–water partition coefficient (Wildman–Crippen LogP) is 4.12. The molecule has 0 unspecified atom stereocenters. The number of ether oxygens (including phenoxy) is 2. The minimum atomic E-state index is -3.87. The summed E-state index contributed by atoms with van der Waals surface area (Å²) in [5.41, 5.74) is 7.92. The second kappa shape index (κ2) is 12.2. The van der Waals surface area contributed by atoms with E-state index in [4.69, 9.17) is 20.3 Å². The van der Waals surface area contributed by atoms with Crippen molar-refractivity contribution < 1.29 is 22.7 Å². The highest BCUT2D eigenvalue weighted by Gasteiger charge is 2.23. The van der Waals surface area contributed by atoms with Gasteiger partial charge in [0.2, 0.25) is 15.9 Å². The van der Waals surface area contributed by atoms with Gasteiger partial charge in [-0.05, 0) is 85.8 Å². The average molecular weight is 564 g/mol. The number of nitrogens with zero attached hydrogens (tertiary/aromatic N) is 1. The monoisotopic (exact) mass is 563 g/mol. The van der Waals surface area contributed by atoms with E-state index in [0.29, 0.717) is 40.7 Å². The molecule has 1 aromatic heterocycles. The molecule has 40 heavy (non-hydrogen) atoms. The Kier molecular flexibility index (Phi) is 8.76. The molecule has 1 heterocycles. The SMILES string of the molecule is CCOc1cc([C@@H](Nc2ccc3c(N)nccc3c2)C(=O)NCc2cccc(S(N)(=O)=O)c2)ccc1OC(C)C. The summed E-state index contributed by atoms with van der Waals surface area (Å²) in [5.74, 6) is 1.18. The molecule has 4 aromatic rings. The number of carbonyl (C=O) groups excluding carboxylic acids is 1. The Balaban J connectivity index is 1.67. The van der Waals surface area contributed by atoms with Crippen LogP contribution in [0.1, 0.15) is 37.9 Å². The molecule has 4 rings (SSSR count). The molecule has 0 aliphatic rings. The molecule has 1 atom stereocenters. The van der Waals surface area contributed by atoms with Gasteiger partial charge in [0.25, 0.3) is 0 Å². The summed E-state index contributed by atoms with van der Waals surface area (Å²) < 4.78 is 35.2. The van der Waals surface area contributed by atoms with Gasteiger partial charge in [0.15, 0.2) is 11.5 Å². The van der Waals surface area contributed by atoms with Crippen LogP contribution in [-0.2, 0) is 21.4 Å².